The molecule has 0 spiro atoms. The second-order valence-corrected chi connectivity index (χ2v) is 15.4. The summed E-state index contributed by atoms with van der Waals surface area (Å²) < 4.78 is 0. The maximum Gasteiger partial charge on any atom is 0.160 e. The monoisotopic (exact) mass is 762 g/mol. The van der Waals surface area contributed by atoms with E-state index in [0.717, 1.165) is 49.8 Å². The Morgan fingerprint density at radius 1 is 0.250 bits per heavy atom. The maximum atomic E-state index is 5.42. The Morgan fingerprint density at radius 2 is 0.650 bits per heavy atom. The third-order valence-electron chi connectivity index (χ3n) is 11.6. The van der Waals surface area contributed by atoms with Crippen LogP contribution >= 0.6 is 0 Å². The molecule has 2 nitrogen and oxygen atoms in total. The lowest BCUT2D eigenvalue weighted by molar-refractivity contribution is 1.23. The Balaban J connectivity index is 0.988. The molecule has 0 aliphatic heterocycles. The summed E-state index contributed by atoms with van der Waals surface area (Å²) in [4.78, 5) is 10.7. The number of hydrogen-bond acceptors (Lipinski definition) is 2. The summed E-state index contributed by atoms with van der Waals surface area (Å²) in [6.45, 7) is 0. The van der Waals surface area contributed by atoms with Gasteiger partial charge in [-0.25, -0.2) is 9.97 Å². The van der Waals surface area contributed by atoms with Gasteiger partial charge in [0.15, 0.2) is 5.82 Å². The summed E-state index contributed by atoms with van der Waals surface area (Å²) in [5, 5.41) is 5.76. The molecule has 11 rings (SSSR count). The minimum Gasteiger partial charge on any atom is -0.228 e. The molecular weight excluding hydrogens is 725 g/mol. The summed E-state index contributed by atoms with van der Waals surface area (Å²) in [6, 6.07) is 82.5. The highest BCUT2D eigenvalue weighted by Crippen LogP contribution is 2.39. The van der Waals surface area contributed by atoms with Crippen LogP contribution in [0.15, 0.2) is 231 Å². The highest BCUT2D eigenvalue weighted by atomic mass is 14.9. The molecule has 280 valence electrons. The lowest BCUT2D eigenvalue weighted by Crippen LogP contribution is -1.97. The predicted octanol–water partition coefficient (Wildman–Crippen LogP) is 15.6. The molecule has 0 amide bonds. The molecule has 0 bridgehead atoms. The molecule has 11 aromatic rings. The molecule has 0 saturated carbocycles. The predicted molar refractivity (Wildman–Crippen MR) is 253 cm³/mol. The number of fused-ring (bicyclic) bond motifs is 4. The van der Waals surface area contributed by atoms with Crippen LogP contribution in [0.2, 0.25) is 0 Å². The lowest BCUT2D eigenvalue weighted by atomic mass is 9.91. The lowest BCUT2D eigenvalue weighted by Gasteiger charge is -2.14. The molecule has 1 aromatic heterocycles. The molecule has 2 heteroatoms. The topological polar surface area (TPSA) is 25.8 Å². The van der Waals surface area contributed by atoms with Gasteiger partial charge in [0.2, 0.25) is 0 Å². The second-order valence-electron chi connectivity index (χ2n) is 15.4. The van der Waals surface area contributed by atoms with Gasteiger partial charge in [-0.3, -0.25) is 0 Å². The fourth-order valence-electron chi connectivity index (χ4n) is 8.64. The summed E-state index contributed by atoms with van der Waals surface area (Å²) in [5.74, 6) is 0.707. The van der Waals surface area contributed by atoms with Gasteiger partial charge in [0.25, 0.3) is 0 Å². The molecule has 0 radical (unpaired) electrons. The molecular formula is C58H38N2. The number of aromatic nitrogens is 2. The fourth-order valence-corrected chi connectivity index (χ4v) is 8.64. The van der Waals surface area contributed by atoms with Gasteiger partial charge in [-0.05, 0) is 120 Å². The Bertz CT molecular complexity index is 3310. The third kappa shape index (κ3) is 6.61. The standard InChI is InChI=1S/C58H38N2/c1-3-15-39(16-4-1)49-36-50(40-17-5-2-6-18-40)38-51(37-49)47-26-12-24-45(34-47)43-22-11-23-44(33-43)46-25-13-27-48(35-46)58-59-55-32-31-42-20-8-10-29-53(42)56(55)57(60-58)54-30-14-21-41-19-7-9-28-52(41)54/h1-38H. The van der Waals surface area contributed by atoms with E-state index in [4.69, 9.17) is 9.97 Å². The van der Waals surface area contributed by atoms with Crippen LogP contribution < -0.4 is 0 Å². The normalized spacial score (nSPS) is 11.3. The maximum absolute atomic E-state index is 5.42. The van der Waals surface area contributed by atoms with E-state index < -0.39 is 0 Å². The molecule has 0 saturated heterocycles. The van der Waals surface area contributed by atoms with Crippen molar-refractivity contribution in [1.82, 2.24) is 9.97 Å². The Morgan fingerprint density at radius 3 is 1.25 bits per heavy atom. The largest absolute Gasteiger partial charge is 0.228 e. The van der Waals surface area contributed by atoms with E-state index in [9.17, 15) is 0 Å². The summed E-state index contributed by atoms with van der Waals surface area (Å²) in [7, 11) is 0. The van der Waals surface area contributed by atoms with Crippen molar-refractivity contribution in [2.75, 3.05) is 0 Å². The van der Waals surface area contributed by atoms with Crippen LogP contribution in [0.4, 0.5) is 0 Å². The molecule has 60 heavy (non-hydrogen) atoms. The van der Waals surface area contributed by atoms with Gasteiger partial charge in [-0.1, -0.05) is 188 Å². The van der Waals surface area contributed by atoms with Crippen LogP contribution in [0.3, 0.4) is 0 Å². The van der Waals surface area contributed by atoms with E-state index in [1.807, 2.05) is 0 Å². The van der Waals surface area contributed by atoms with Gasteiger partial charge in [0.05, 0.1) is 11.2 Å². The van der Waals surface area contributed by atoms with E-state index in [2.05, 4.69) is 231 Å². The Hall–Kier alpha value is -7.94. The average molecular weight is 763 g/mol. The minimum atomic E-state index is 0.707. The van der Waals surface area contributed by atoms with Crippen LogP contribution in [0, 0.1) is 0 Å². The van der Waals surface area contributed by atoms with Crippen molar-refractivity contribution in [2.45, 2.75) is 0 Å². The number of rotatable bonds is 7. The SMILES string of the molecule is c1ccc(-c2cc(-c3ccccc3)cc(-c3cccc(-c4cccc(-c5cccc(-c6nc(-c7cccc8ccccc78)c7c(ccc8ccccc87)n6)c5)c4)c3)c2)cc1. The zero-order valence-corrected chi connectivity index (χ0v) is 32.8. The quantitative estimate of drug-likeness (QED) is 0.151. The minimum absolute atomic E-state index is 0.707. The molecule has 0 N–H and O–H groups in total. The van der Waals surface area contributed by atoms with E-state index in [0.29, 0.717) is 5.82 Å². The van der Waals surface area contributed by atoms with Crippen LogP contribution in [0.25, 0.3) is 111 Å². The smallest absolute Gasteiger partial charge is 0.160 e. The zero-order chi connectivity index (χ0) is 39.8. The first-order valence-corrected chi connectivity index (χ1v) is 20.5. The Labute approximate surface area is 349 Å². The van der Waals surface area contributed by atoms with Gasteiger partial charge in [-0.2, -0.15) is 0 Å². The van der Waals surface area contributed by atoms with Crippen LogP contribution in [0.1, 0.15) is 0 Å². The first-order chi connectivity index (χ1) is 29.7. The number of benzene rings is 10. The average Bonchev–Trinajstić information content (AvgIpc) is 3.34. The highest BCUT2D eigenvalue weighted by molar-refractivity contribution is 6.15. The first kappa shape index (κ1) is 35.2. The van der Waals surface area contributed by atoms with E-state index in [1.165, 1.54) is 55.1 Å². The summed E-state index contributed by atoms with van der Waals surface area (Å²) >= 11 is 0. The first-order valence-electron chi connectivity index (χ1n) is 20.5. The number of hydrogen-bond donors (Lipinski definition) is 0. The third-order valence-corrected chi connectivity index (χ3v) is 11.6. The molecule has 10 aromatic carbocycles. The van der Waals surface area contributed by atoms with E-state index in [-0.39, 0.29) is 0 Å². The van der Waals surface area contributed by atoms with Crippen molar-refractivity contribution in [3.05, 3.63) is 231 Å². The van der Waals surface area contributed by atoms with Crippen molar-refractivity contribution in [3.63, 3.8) is 0 Å². The van der Waals surface area contributed by atoms with Crippen molar-refractivity contribution >= 4 is 32.4 Å². The van der Waals surface area contributed by atoms with Crippen molar-refractivity contribution < 1.29 is 0 Å². The molecule has 0 atom stereocenters. The zero-order valence-electron chi connectivity index (χ0n) is 32.8. The molecule has 0 unspecified atom stereocenters. The summed E-state index contributed by atoms with van der Waals surface area (Å²) in [5.41, 5.74) is 15.7. The van der Waals surface area contributed by atoms with Crippen molar-refractivity contribution in [3.8, 4) is 78.3 Å². The number of nitrogens with zero attached hydrogens (tertiary/aromatic N) is 2. The van der Waals surface area contributed by atoms with Gasteiger partial charge in [0.1, 0.15) is 0 Å². The van der Waals surface area contributed by atoms with Gasteiger partial charge < -0.3 is 0 Å². The van der Waals surface area contributed by atoms with E-state index in [1.54, 1.807) is 0 Å². The fraction of sp³-hybridized carbons (Fsp3) is 0. The van der Waals surface area contributed by atoms with Crippen LogP contribution in [0.5, 0.6) is 0 Å². The van der Waals surface area contributed by atoms with Crippen molar-refractivity contribution in [1.29, 1.82) is 0 Å². The van der Waals surface area contributed by atoms with Gasteiger partial charge in [-0.15, -0.1) is 0 Å². The van der Waals surface area contributed by atoms with E-state index >= 15 is 0 Å². The van der Waals surface area contributed by atoms with Gasteiger partial charge >= 0.3 is 0 Å². The van der Waals surface area contributed by atoms with Crippen LogP contribution in [-0.4, -0.2) is 9.97 Å². The van der Waals surface area contributed by atoms with Crippen LogP contribution in [-0.2, 0) is 0 Å². The summed E-state index contributed by atoms with van der Waals surface area (Å²) in [6.07, 6.45) is 0. The second kappa shape index (κ2) is 15.1. The Kier molecular flexibility index (Phi) is 8.87. The van der Waals surface area contributed by atoms with Gasteiger partial charge in [0, 0.05) is 16.5 Å². The highest BCUT2D eigenvalue weighted by Gasteiger charge is 2.17. The molecule has 0 aliphatic rings. The van der Waals surface area contributed by atoms with Crippen molar-refractivity contribution in [2.24, 2.45) is 0 Å². The molecule has 1 heterocycles. The molecule has 0 fully saturated rings. The molecule has 0 aliphatic carbocycles.